The maximum absolute atomic E-state index is 11.9. The highest BCUT2D eigenvalue weighted by Gasteiger charge is 2.21. The van der Waals surface area contributed by atoms with Crippen LogP contribution in [-0.4, -0.2) is 20.1 Å². The van der Waals surface area contributed by atoms with Crippen molar-refractivity contribution < 1.29 is 17.9 Å². The van der Waals surface area contributed by atoms with Crippen LogP contribution in [0.3, 0.4) is 0 Å². The monoisotopic (exact) mass is 325 g/mol. The summed E-state index contributed by atoms with van der Waals surface area (Å²) >= 11 is 3.02. The SMILES string of the molecule is CCCCCNS(=O)(=O)c1cc(CO)oc1Br. The predicted octanol–water partition coefficient (Wildman–Crippen LogP) is 2.00. The Balaban J connectivity index is 2.72. The third kappa shape index (κ3) is 4.09. The zero-order valence-electron chi connectivity index (χ0n) is 9.57. The molecule has 0 amide bonds. The van der Waals surface area contributed by atoms with Crippen LogP contribution in [-0.2, 0) is 16.6 Å². The fraction of sp³-hybridized carbons (Fsp3) is 0.600. The minimum Gasteiger partial charge on any atom is -0.450 e. The molecule has 98 valence electrons. The molecule has 0 atom stereocenters. The zero-order chi connectivity index (χ0) is 12.9. The number of unbranched alkanes of at least 4 members (excludes halogenated alkanes) is 2. The topological polar surface area (TPSA) is 79.5 Å². The van der Waals surface area contributed by atoms with E-state index in [1.807, 2.05) is 0 Å². The number of halogens is 1. The molecule has 2 N–H and O–H groups in total. The zero-order valence-corrected chi connectivity index (χ0v) is 12.0. The van der Waals surface area contributed by atoms with Gasteiger partial charge in [-0.05, 0) is 22.4 Å². The normalized spacial score (nSPS) is 11.9. The Labute approximate surface area is 109 Å². The average Bonchev–Trinajstić information content (AvgIpc) is 2.67. The lowest BCUT2D eigenvalue weighted by Crippen LogP contribution is -2.24. The lowest BCUT2D eigenvalue weighted by atomic mass is 10.3. The van der Waals surface area contributed by atoms with E-state index in [1.54, 1.807) is 0 Å². The van der Waals surface area contributed by atoms with Crippen LogP contribution in [0.1, 0.15) is 31.9 Å². The van der Waals surface area contributed by atoms with Gasteiger partial charge in [0.15, 0.2) is 4.67 Å². The third-order valence-corrected chi connectivity index (χ3v) is 4.54. The molecule has 0 saturated heterocycles. The van der Waals surface area contributed by atoms with Crippen LogP contribution in [0.15, 0.2) is 20.0 Å². The first-order chi connectivity index (χ1) is 8.01. The van der Waals surface area contributed by atoms with E-state index in [2.05, 4.69) is 27.6 Å². The van der Waals surface area contributed by atoms with Gasteiger partial charge < -0.3 is 9.52 Å². The van der Waals surface area contributed by atoms with Crippen molar-refractivity contribution in [2.45, 2.75) is 37.7 Å². The van der Waals surface area contributed by atoms with E-state index < -0.39 is 10.0 Å². The predicted molar refractivity (Wildman–Crippen MR) is 67.0 cm³/mol. The summed E-state index contributed by atoms with van der Waals surface area (Å²) in [6, 6.07) is 1.31. The lowest BCUT2D eigenvalue weighted by molar-refractivity contribution is 0.245. The van der Waals surface area contributed by atoms with E-state index in [-0.39, 0.29) is 21.9 Å². The number of hydrogen-bond acceptors (Lipinski definition) is 4. The molecule has 0 radical (unpaired) electrons. The minimum absolute atomic E-state index is 0.0260. The Morgan fingerprint density at radius 3 is 2.71 bits per heavy atom. The molecule has 0 aliphatic carbocycles. The molecule has 0 saturated carbocycles. The molecule has 0 spiro atoms. The molecular formula is C10H16BrNO4S. The number of nitrogens with one attached hydrogen (secondary N) is 1. The number of furan rings is 1. The molecule has 0 fully saturated rings. The molecule has 17 heavy (non-hydrogen) atoms. The van der Waals surface area contributed by atoms with Crippen LogP contribution >= 0.6 is 15.9 Å². The number of rotatable bonds is 7. The Kier molecular flexibility index (Phi) is 5.64. The van der Waals surface area contributed by atoms with E-state index in [4.69, 9.17) is 9.52 Å². The van der Waals surface area contributed by atoms with Gasteiger partial charge in [0, 0.05) is 12.6 Å². The highest BCUT2D eigenvalue weighted by molar-refractivity contribution is 9.10. The molecule has 0 aliphatic heterocycles. The Bertz CT molecular complexity index is 455. The van der Waals surface area contributed by atoms with Gasteiger partial charge in [0.05, 0.1) is 0 Å². The maximum Gasteiger partial charge on any atom is 0.244 e. The molecule has 5 nitrogen and oxygen atoms in total. The highest BCUT2D eigenvalue weighted by atomic mass is 79.9. The molecule has 0 bridgehead atoms. The average molecular weight is 326 g/mol. The maximum atomic E-state index is 11.9. The van der Waals surface area contributed by atoms with E-state index in [0.717, 1.165) is 19.3 Å². The summed E-state index contributed by atoms with van der Waals surface area (Å²) in [4.78, 5) is 0.0260. The lowest BCUT2D eigenvalue weighted by Gasteiger charge is -2.04. The van der Waals surface area contributed by atoms with E-state index >= 15 is 0 Å². The van der Waals surface area contributed by atoms with Gasteiger partial charge in [0.2, 0.25) is 10.0 Å². The van der Waals surface area contributed by atoms with Crippen LogP contribution < -0.4 is 4.72 Å². The van der Waals surface area contributed by atoms with Gasteiger partial charge in [-0.15, -0.1) is 0 Å². The second-order valence-electron chi connectivity index (χ2n) is 3.61. The first-order valence-corrected chi connectivity index (χ1v) is 7.67. The van der Waals surface area contributed by atoms with Gasteiger partial charge >= 0.3 is 0 Å². The molecule has 1 aromatic rings. The molecule has 0 unspecified atom stereocenters. The van der Waals surface area contributed by atoms with Crippen molar-refractivity contribution in [3.05, 3.63) is 16.5 Å². The van der Waals surface area contributed by atoms with Crippen molar-refractivity contribution in [1.29, 1.82) is 0 Å². The van der Waals surface area contributed by atoms with Gasteiger partial charge in [0.25, 0.3) is 0 Å². The largest absolute Gasteiger partial charge is 0.450 e. The summed E-state index contributed by atoms with van der Waals surface area (Å²) in [5.41, 5.74) is 0. The molecular weight excluding hydrogens is 310 g/mol. The highest BCUT2D eigenvalue weighted by Crippen LogP contribution is 2.25. The van der Waals surface area contributed by atoms with Crippen molar-refractivity contribution in [1.82, 2.24) is 4.72 Å². The summed E-state index contributed by atoms with van der Waals surface area (Å²) in [6.07, 6.45) is 2.82. The molecule has 0 aromatic carbocycles. The molecule has 1 aromatic heterocycles. The minimum atomic E-state index is -3.56. The van der Waals surface area contributed by atoms with Crippen LogP contribution in [0.2, 0.25) is 0 Å². The van der Waals surface area contributed by atoms with Gasteiger partial charge in [-0.1, -0.05) is 19.8 Å². The molecule has 0 aliphatic rings. The third-order valence-electron chi connectivity index (χ3n) is 2.22. The van der Waals surface area contributed by atoms with Gasteiger partial charge in [-0.2, -0.15) is 0 Å². The van der Waals surface area contributed by atoms with E-state index in [9.17, 15) is 8.42 Å². The Hall–Kier alpha value is -0.370. The van der Waals surface area contributed by atoms with Crippen molar-refractivity contribution in [2.24, 2.45) is 0 Å². The van der Waals surface area contributed by atoms with Crippen LogP contribution in [0.25, 0.3) is 0 Å². The van der Waals surface area contributed by atoms with Crippen LogP contribution in [0.5, 0.6) is 0 Å². The van der Waals surface area contributed by atoms with Crippen LogP contribution in [0.4, 0.5) is 0 Å². The summed E-state index contributed by atoms with van der Waals surface area (Å²) in [6.45, 7) is 2.13. The summed E-state index contributed by atoms with van der Waals surface area (Å²) in [5, 5.41) is 8.86. The number of aliphatic hydroxyl groups excluding tert-OH is 1. The summed E-state index contributed by atoms with van der Waals surface area (Å²) in [5.74, 6) is 0.214. The van der Waals surface area contributed by atoms with Crippen molar-refractivity contribution in [3.8, 4) is 0 Å². The summed E-state index contributed by atoms with van der Waals surface area (Å²) < 4.78 is 31.4. The second kappa shape index (κ2) is 6.53. The quantitative estimate of drug-likeness (QED) is 0.751. The smallest absolute Gasteiger partial charge is 0.244 e. The Morgan fingerprint density at radius 2 is 2.18 bits per heavy atom. The van der Waals surface area contributed by atoms with Crippen molar-refractivity contribution in [3.63, 3.8) is 0 Å². The van der Waals surface area contributed by atoms with E-state index in [1.165, 1.54) is 6.07 Å². The van der Waals surface area contributed by atoms with Gasteiger partial charge in [-0.25, -0.2) is 13.1 Å². The second-order valence-corrected chi connectivity index (χ2v) is 6.07. The number of hydrogen-bond donors (Lipinski definition) is 2. The van der Waals surface area contributed by atoms with Crippen molar-refractivity contribution in [2.75, 3.05) is 6.54 Å². The molecule has 1 rings (SSSR count). The van der Waals surface area contributed by atoms with Gasteiger partial charge in [-0.3, -0.25) is 0 Å². The van der Waals surface area contributed by atoms with Gasteiger partial charge in [0.1, 0.15) is 17.3 Å². The van der Waals surface area contributed by atoms with Crippen molar-refractivity contribution >= 4 is 26.0 Å². The fourth-order valence-electron chi connectivity index (χ4n) is 1.32. The first-order valence-electron chi connectivity index (χ1n) is 5.40. The number of aliphatic hydroxyl groups is 1. The first kappa shape index (κ1) is 14.7. The Morgan fingerprint density at radius 1 is 1.47 bits per heavy atom. The molecule has 1 heterocycles. The summed E-state index contributed by atoms with van der Waals surface area (Å²) in [7, 11) is -3.56. The van der Waals surface area contributed by atoms with E-state index in [0.29, 0.717) is 6.54 Å². The van der Waals surface area contributed by atoms with Crippen LogP contribution in [0, 0.1) is 0 Å². The number of sulfonamides is 1. The molecule has 7 heteroatoms. The standard InChI is InChI=1S/C10H16BrNO4S/c1-2-3-4-5-12-17(14,15)9-6-8(7-13)16-10(9)11/h6,12-13H,2-5,7H2,1H3. The fourth-order valence-corrected chi connectivity index (χ4v) is 3.39.